The third-order valence-electron chi connectivity index (χ3n) is 7.90. The molecule has 6 aromatic carbocycles. The minimum atomic E-state index is -6.80. The summed E-state index contributed by atoms with van der Waals surface area (Å²) in [5, 5.41) is 1.82. The van der Waals surface area contributed by atoms with E-state index in [2.05, 4.69) is 4.15 Å². The molecule has 0 atom stereocenters. The summed E-state index contributed by atoms with van der Waals surface area (Å²) < 4.78 is 151. The molecule has 0 radical (unpaired) electrons. The van der Waals surface area contributed by atoms with Gasteiger partial charge in [0.05, 0.1) is 0 Å². The van der Waals surface area contributed by atoms with Crippen LogP contribution in [0.5, 0.6) is 11.5 Å². The van der Waals surface area contributed by atoms with Gasteiger partial charge in [-0.05, 0) is 44.8 Å². The standard InChI is InChI=1S/C34H21F6N2O6PS2/c35-33(36,37)50(43,44)41-49(42-51(45,46)34(38,39)40)47-31-27(21-11-3-1-4-12-21)19-23-15-7-9-17-25(23)29(31)30-26-18-10-8-16-24(26)20-28(32(30)48-49)22-13-5-2-6-14-22/h1-20,41H. The van der Waals surface area contributed by atoms with Gasteiger partial charge >= 0.3 is 38.7 Å². The maximum atomic E-state index is 14.1. The van der Waals surface area contributed by atoms with E-state index in [1.54, 1.807) is 109 Å². The Kier molecular flexibility index (Phi) is 8.21. The van der Waals surface area contributed by atoms with Gasteiger partial charge in [0.15, 0.2) is 0 Å². The molecule has 0 unspecified atom stereocenters. The Morgan fingerprint density at radius 3 is 1.33 bits per heavy atom. The summed E-state index contributed by atoms with van der Waals surface area (Å²) >= 11 is 0. The first-order chi connectivity index (χ1) is 24.0. The van der Waals surface area contributed by atoms with Crippen molar-refractivity contribution in [3.63, 3.8) is 0 Å². The van der Waals surface area contributed by atoms with Crippen molar-refractivity contribution in [2.24, 2.45) is 4.15 Å². The molecule has 1 aliphatic rings. The van der Waals surface area contributed by atoms with Crippen molar-refractivity contribution in [2.75, 3.05) is 0 Å². The van der Waals surface area contributed by atoms with Gasteiger partial charge < -0.3 is 9.05 Å². The molecule has 17 heteroatoms. The highest BCUT2D eigenvalue weighted by Crippen LogP contribution is 2.64. The smallest absolute Gasteiger partial charge is 0.416 e. The number of hydrogen-bond acceptors (Lipinski definition) is 6. The highest BCUT2D eigenvalue weighted by molar-refractivity contribution is 7.99. The molecule has 1 aliphatic heterocycles. The summed E-state index contributed by atoms with van der Waals surface area (Å²) in [5.74, 6) is -0.957. The molecule has 0 bridgehead atoms. The Balaban J connectivity index is 1.76. The SMILES string of the molecule is O=S(=O)(N=P1(NS(=O)(=O)C(F)(F)F)Oc2c(-c3ccccc3)cc3ccccc3c2-c2c(c(-c3ccccc3)cc3ccccc23)O1)C(F)(F)F. The third-order valence-corrected chi connectivity index (χ3v) is 13.6. The van der Waals surface area contributed by atoms with Crippen molar-refractivity contribution in [2.45, 2.75) is 11.0 Å². The topological polar surface area (TPSA) is 111 Å². The fourth-order valence-electron chi connectivity index (χ4n) is 5.75. The van der Waals surface area contributed by atoms with E-state index >= 15 is 0 Å². The van der Waals surface area contributed by atoms with Gasteiger partial charge in [0, 0.05) is 22.3 Å². The summed E-state index contributed by atoms with van der Waals surface area (Å²) in [4.78, 5) is 0. The first-order valence-corrected chi connectivity index (χ1v) is 19.2. The minimum absolute atomic E-state index is 0.0603. The number of sulfonamides is 2. The van der Waals surface area contributed by atoms with Crippen LogP contribution in [-0.4, -0.2) is 27.9 Å². The Hall–Kier alpha value is -4.89. The maximum absolute atomic E-state index is 14.1. The van der Waals surface area contributed by atoms with Crippen LogP contribution in [0.2, 0.25) is 0 Å². The lowest BCUT2D eigenvalue weighted by atomic mass is 9.86. The van der Waals surface area contributed by atoms with Crippen LogP contribution in [0.3, 0.4) is 0 Å². The summed E-state index contributed by atoms with van der Waals surface area (Å²) in [7, 11) is -19.5. The molecule has 0 aliphatic carbocycles. The number of alkyl halides is 6. The van der Waals surface area contributed by atoms with Gasteiger partial charge in [0.2, 0.25) is 0 Å². The van der Waals surface area contributed by atoms with Crippen LogP contribution < -0.4 is 13.5 Å². The summed E-state index contributed by atoms with van der Waals surface area (Å²) in [5.41, 5.74) is -11.4. The van der Waals surface area contributed by atoms with Crippen LogP contribution in [0.4, 0.5) is 26.3 Å². The molecule has 1 N–H and O–H groups in total. The summed E-state index contributed by atoms with van der Waals surface area (Å²) in [6.45, 7) is 0. The van der Waals surface area contributed by atoms with Crippen LogP contribution in [0, 0.1) is 0 Å². The van der Waals surface area contributed by atoms with Crippen LogP contribution >= 0.6 is 7.66 Å². The van der Waals surface area contributed by atoms with E-state index in [0.29, 0.717) is 32.7 Å². The molecule has 6 aromatic rings. The quantitative estimate of drug-likeness (QED) is 0.138. The number of benzene rings is 6. The molecule has 0 fully saturated rings. The van der Waals surface area contributed by atoms with Gasteiger partial charge in [-0.15, -0.1) is 4.49 Å². The lowest BCUT2D eigenvalue weighted by Gasteiger charge is -2.26. The van der Waals surface area contributed by atoms with E-state index in [1.807, 2.05) is 0 Å². The van der Waals surface area contributed by atoms with E-state index in [0.717, 1.165) is 4.49 Å². The highest BCUT2D eigenvalue weighted by Gasteiger charge is 2.55. The molecule has 0 saturated carbocycles. The van der Waals surface area contributed by atoms with Gasteiger partial charge in [-0.1, -0.05) is 113 Å². The fourth-order valence-corrected chi connectivity index (χ4v) is 10.8. The second-order valence-corrected chi connectivity index (χ2v) is 16.8. The molecule has 1 heterocycles. The molecule has 0 saturated heterocycles. The van der Waals surface area contributed by atoms with Gasteiger partial charge in [0.25, 0.3) is 0 Å². The molecule has 0 spiro atoms. The second kappa shape index (κ2) is 12.1. The molecular formula is C34H21F6N2O6PS2. The summed E-state index contributed by atoms with van der Waals surface area (Å²) in [6.07, 6.45) is 0. The predicted octanol–water partition coefficient (Wildman–Crippen LogP) is 10.0. The zero-order valence-corrected chi connectivity index (χ0v) is 28.0. The van der Waals surface area contributed by atoms with Crippen molar-refractivity contribution in [3.8, 4) is 44.9 Å². The monoisotopic (exact) mass is 762 g/mol. The number of nitrogens with zero attached hydrogens (tertiary/aromatic N) is 1. The van der Waals surface area contributed by atoms with Crippen molar-refractivity contribution < 1.29 is 52.2 Å². The zero-order valence-electron chi connectivity index (χ0n) is 25.5. The van der Waals surface area contributed by atoms with Gasteiger partial charge in [-0.3, -0.25) is 0 Å². The van der Waals surface area contributed by atoms with Gasteiger partial charge in [-0.25, -0.2) is 8.42 Å². The number of fused-ring (bicyclic) bond motifs is 7. The molecular weight excluding hydrogens is 741 g/mol. The lowest BCUT2D eigenvalue weighted by molar-refractivity contribution is -0.0443. The van der Waals surface area contributed by atoms with Crippen LogP contribution in [0.15, 0.2) is 125 Å². The van der Waals surface area contributed by atoms with Crippen molar-refractivity contribution in [1.82, 2.24) is 4.49 Å². The normalized spacial score (nSPS) is 14.5. The van der Waals surface area contributed by atoms with E-state index in [4.69, 9.17) is 9.05 Å². The number of nitrogens with one attached hydrogen (secondary N) is 1. The van der Waals surface area contributed by atoms with Crippen molar-refractivity contribution in [3.05, 3.63) is 121 Å². The number of halogens is 6. The molecule has 262 valence electrons. The lowest BCUT2D eigenvalue weighted by Crippen LogP contribution is -2.37. The first kappa shape index (κ1) is 34.6. The van der Waals surface area contributed by atoms with E-state index in [9.17, 15) is 43.2 Å². The van der Waals surface area contributed by atoms with E-state index in [1.165, 1.54) is 12.1 Å². The van der Waals surface area contributed by atoms with Crippen LogP contribution in [-0.2, 0) is 20.0 Å². The molecule has 0 amide bonds. The van der Waals surface area contributed by atoms with Crippen LogP contribution in [0.25, 0.3) is 54.9 Å². The zero-order chi connectivity index (χ0) is 36.4. The fraction of sp³-hybridized carbons (Fsp3) is 0.0588. The number of rotatable bonds is 5. The Morgan fingerprint density at radius 1 is 0.549 bits per heavy atom. The van der Waals surface area contributed by atoms with E-state index < -0.39 is 50.2 Å². The number of hydrogen-bond donors (Lipinski definition) is 1. The predicted molar refractivity (Wildman–Crippen MR) is 181 cm³/mol. The van der Waals surface area contributed by atoms with E-state index in [-0.39, 0.29) is 22.3 Å². The highest BCUT2D eigenvalue weighted by atomic mass is 32.2. The van der Waals surface area contributed by atoms with Gasteiger partial charge in [0.1, 0.15) is 11.5 Å². The van der Waals surface area contributed by atoms with Crippen LogP contribution in [0.1, 0.15) is 0 Å². The minimum Gasteiger partial charge on any atom is -0.416 e. The summed E-state index contributed by atoms with van der Waals surface area (Å²) in [6, 6.07) is 32.4. The third kappa shape index (κ3) is 6.11. The Morgan fingerprint density at radius 2 is 0.941 bits per heavy atom. The average molecular weight is 763 g/mol. The second-order valence-electron chi connectivity index (χ2n) is 11.2. The van der Waals surface area contributed by atoms with Crippen molar-refractivity contribution in [1.29, 1.82) is 0 Å². The average Bonchev–Trinajstić information content (AvgIpc) is 3.21. The van der Waals surface area contributed by atoms with Gasteiger partial charge in [-0.2, -0.15) is 34.8 Å². The molecule has 51 heavy (non-hydrogen) atoms. The Labute approximate surface area is 286 Å². The van der Waals surface area contributed by atoms with Crippen molar-refractivity contribution >= 4 is 49.3 Å². The first-order valence-electron chi connectivity index (χ1n) is 14.7. The maximum Gasteiger partial charge on any atom is 0.518 e. The Bertz CT molecular complexity index is 2500. The molecule has 8 nitrogen and oxygen atoms in total. The molecule has 0 aromatic heterocycles. The largest absolute Gasteiger partial charge is 0.518 e. The molecule has 7 rings (SSSR count).